The van der Waals surface area contributed by atoms with E-state index in [1.54, 1.807) is 23.1 Å². The van der Waals surface area contributed by atoms with Crippen molar-refractivity contribution in [1.82, 2.24) is 0 Å². The number of amides is 1. The van der Waals surface area contributed by atoms with Crippen LogP contribution in [0.4, 0.5) is 11.4 Å². The molecule has 2 aliphatic carbocycles. The van der Waals surface area contributed by atoms with Gasteiger partial charge in [-0.15, -0.1) is 0 Å². The Bertz CT molecular complexity index is 1230. The summed E-state index contributed by atoms with van der Waals surface area (Å²) >= 11 is 0. The smallest absolute Gasteiger partial charge is 0.294 e. The molecule has 2 saturated carbocycles. The van der Waals surface area contributed by atoms with E-state index in [0.717, 1.165) is 43.2 Å². The molecule has 8 heteroatoms. The average molecular weight is 487 g/mol. The van der Waals surface area contributed by atoms with Crippen LogP contribution in [0.15, 0.2) is 34.7 Å². The number of carbonyl (C=O) groups excluding carboxylic acids is 1. The van der Waals surface area contributed by atoms with Crippen LogP contribution >= 0.6 is 0 Å². The van der Waals surface area contributed by atoms with Gasteiger partial charge in [0.05, 0.1) is 6.26 Å². The third-order valence-corrected chi connectivity index (χ3v) is 8.63. The molecule has 2 fully saturated rings. The average Bonchev–Trinajstić information content (AvgIpc) is 3.21. The lowest BCUT2D eigenvalue weighted by molar-refractivity contribution is 0.0422. The fourth-order valence-corrected chi connectivity index (χ4v) is 6.22. The Morgan fingerprint density at radius 2 is 1.74 bits per heavy atom. The highest BCUT2D eigenvalue weighted by molar-refractivity contribution is 7.92. The molecule has 1 unspecified atom stereocenters. The monoisotopic (exact) mass is 486 g/mol. The van der Waals surface area contributed by atoms with E-state index in [2.05, 4.69) is 4.72 Å². The van der Waals surface area contributed by atoms with E-state index in [4.69, 9.17) is 4.42 Å². The molecule has 2 spiro atoms. The van der Waals surface area contributed by atoms with E-state index in [-0.39, 0.29) is 17.1 Å². The summed E-state index contributed by atoms with van der Waals surface area (Å²) < 4.78 is 32.1. The van der Waals surface area contributed by atoms with Crippen LogP contribution in [-0.4, -0.2) is 32.2 Å². The minimum atomic E-state index is -3.41. The second-order valence-corrected chi connectivity index (χ2v) is 13.5. The zero-order valence-electron chi connectivity index (χ0n) is 20.3. The molecule has 2 aromatic rings. The quantitative estimate of drug-likeness (QED) is 0.635. The van der Waals surface area contributed by atoms with Gasteiger partial charge in [0, 0.05) is 23.3 Å². The van der Waals surface area contributed by atoms with E-state index < -0.39 is 21.5 Å². The van der Waals surface area contributed by atoms with E-state index in [1.807, 2.05) is 32.9 Å². The number of benzene rings is 1. The lowest BCUT2D eigenvalue weighted by Crippen LogP contribution is -2.39. The molecule has 2 N–H and O–H groups in total. The summed E-state index contributed by atoms with van der Waals surface area (Å²) in [4.78, 5) is 15.4. The summed E-state index contributed by atoms with van der Waals surface area (Å²) in [5, 5.41) is 10.6. The summed E-state index contributed by atoms with van der Waals surface area (Å²) in [6.07, 6.45) is 7.16. The zero-order chi connectivity index (χ0) is 24.5. The van der Waals surface area contributed by atoms with Gasteiger partial charge in [0.15, 0.2) is 5.76 Å². The highest BCUT2D eigenvalue weighted by Gasteiger charge is 2.53. The number of hydrogen-bond acceptors (Lipinski definition) is 5. The maximum absolute atomic E-state index is 13.6. The molecule has 0 radical (unpaired) electrons. The van der Waals surface area contributed by atoms with Crippen LogP contribution in [0.5, 0.6) is 0 Å². The lowest BCUT2D eigenvalue weighted by Gasteiger charge is -2.38. The second kappa shape index (κ2) is 7.59. The summed E-state index contributed by atoms with van der Waals surface area (Å²) in [7, 11) is -3.41. The Morgan fingerprint density at radius 1 is 1.09 bits per heavy atom. The van der Waals surface area contributed by atoms with Gasteiger partial charge in [0.2, 0.25) is 10.0 Å². The van der Waals surface area contributed by atoms with Crippen molar-refractivity contribution in [3.8, 4) is 0 Å². The standard InChI is InChI=1S/C26H34N2O5S/c1-24(2,3)22(29)20-7-8-21(33-20)23(30)28-16-26(13-11-25(9-10-25)12-14-26)18-15-17(5-6-19(18)28)27-34(4,31)32/h5-8,15,22,27,29H,9-14,16H2,1-4H3. The van der Waals surface area contributed by atoms with Crippen LogP contribution < -0.4 is 9.62 Å². The summed E-state index contributed by atoms with van der Waals surface area (Å²) in [5.74, 6) is 0.348. The Hall–Kier alpha value is -2.32. The summed E-state index contributed by atoms with van der Waals surface area (Å²) in [6, 6.07) is 8.76. The molecule has 0 saturated heterocycles. The molecular weight excluding hydrogens is 452 g/mol. The number of furan rings is 1. The number of rotatable bonds is 4. The number of sulfonamides is 1. The fourth-order valence-electron chi connectivity index (χ4n) is 5.67. The number of carbonyl (C=O) groups is 1. The predicted octanol–water partition coefficient (Wildman–Crippen LogP) is 4.98. The number of nitrogens with zero attached hydrogens (tertiary/aromatic N) is 1. The van der Waals surface area contributed by atoms with Crippen LogP contribution in [0, 0.1) is 10.8 Å². The third-order valence-electron chi connectivity index (χ3n) is 8.02. The zero-order valence-corrected chi connectivity index (χ0v) is 21.2. The Labute approximate surface area is 201 Å². The second-order valence-electron chi connectivity index (χ2n) is 11.7. The number of hydrogen-bond donors (Lipinski definition) is 2. The normalized spacial score (nSPS) is 21.5. The number of aliphatic hydroxyl groups excluding tert-OH is 1. The van der Waals surface area contributed by atoms with Gasteiger partial charge in [-0.2, -0.15) is 0 Å². The van der Waals surface area contributed by atoms with Crippen LogP contribution in [0.2, 0.25) is 0 Å². The molecular formula is C26H34N2O5S. The molecule has 1 atom stereocenters. The van der Waals surface area contributed by atoms with Crippen molar-refractivity contribution in [1.29, 1.82) is 0 Å². The van der Waals surface area contributed by atoms with Crippen molar-refractivity contribution in [2.75, 3.05) is 22.4 Å². The summed E-state index contributed by atoms with van der Waals surface area (Å²) in [6.45, 7) is 6.30. The minimum Gasteiger partial charge on any atom is -0.453 e. The van der Waals surface area contributed by atoms with Gasteiger partial charge < -0.3 is 14.4 Å². The number of fused-ring (bicyclic) bond motifs is 2. The highest BCUT2D eigenvalue weighted by Crippen LogP contribution is 2.62. The topological polar surface area (TPSA) is 99.9 Å². The van der Waals surface area contributed by atoms with Crippen molar-refractivity contribution in [3.05, 3.63) is 47.4 Å². The largest absolute Gasteiger partial charge is 0.453 e. The molecule has 1 amide bonds. The molecule has 1 aliphatic heterocycles. The maximum Gasteiger partial charge on any atom is 0.294 e. The van der Waals surface area contributed by atoms with E-state index in [1.165, 1.54) is 12.8 Å². The van der Waals surface area contributed by atoms with Crippen LogP contribution in [0.25, 0.3) is 0 Å². The maximum atomic E-state index is 13.6. The Morgan fingerprint density at radius 3 is 2.32 bits per heavy atom. The SMILES string of the molecule is CC(C)(C)C(O)c1ccc(C(=O)N2CC3(CCC4(CC4)CC3)c3cc(NS(C)(=O)=O)ccc32)o1. The molecule has 5 rings (SSSR count). The van der Waals surface area contributed by atoms with Gasteiger partial charge in [0.1, 0.15) is 11.9 Å². The van der Waals surface area contributed by atoms with Crippen molar-refractivity contribution in [2.24, 2.45) is 10.8 Å². The molecule has 0 bridgehead atoms. The van der Waals surface area contributed by atoms with Crippen LogP contribution in [0.3, 0.4) is 0 Å². The molecule has 3 aliphatic rings. The molecule has 1 aromatic carbocycles. The summed E-state index contributed by atoms with van der Waals surface area (Å²) in [5.41, 5.74) is 2.26. The predicted molar refractivity (Wildman–Crippen MR) is 132 cm³/mol. The number of aliphatic hydroxyl groups is 1. The van der Waals surface area contributed by atoms with Crippen LogP contribution in [-0.2, 0) is 15.4 Å². The molecule has 1 aromatic heterocycles. The van der Waals surface area contributed by atoms with Crippen molar-refractivity contribution >= 4 is 27.3 Å². The highest BCUT2D eigenvalue weighted by atomic mass is 32.2. The first-order chi connectivity index (χ1) is 15.8. The van der Waals surface area contributed by atoms with Crippen LogP contribution in [0.1, 0.15) is 87.3 Å². The van der Waals surface area contributed by atoms with Gasteiger partial charge in [-0.1, -0.05) is 20.8 Å². The van der Waals surface area contributed by atoms with Gasteiger partial charge in [-0.3, -0.25) is 9.52 Å². The first kappa shape index (κ1) is 23.4. The minimum absolute atomic E-state index is 0.186. The van der Waals surface area contributed by atoms with Gasteiger partial charge >= 0.3 is 0 Å². The lowest BCUT2D eigenvalue weighted by atomic mass is 9.66. The number of nitrogens with one attached hydrogen (secondary N) is 1. The Kier molecular flexibility index (Phi) is 5.23. The van der Waals surface area contributed by atoms with E-state index in [0.29, 0.717) is 23.4 Å². The number of anilines is 2. The van der Waals surface area contributed by atoms with Gasteiger partial charge in [-0.05, 0) is 85.3 Å². The van der Waals surface area contributed by atoms with Gasteiger partial charge in [-0.25, -0.2) is 8.42 Å². The molecule has 34 heavy (non-hydrogen) atoms. The van der Waals surface area contributed by atoms with E-state index >= 15 is 0 Å². The molecule has 7 nitrogen and oxygen atoms in total. The van der Waals surface area contributed by atoms with Crippen molar-refractivity contribution in [2.45, 2.75) is 70.8 Å². The van der Waals surface area contributed by atoms with Crippen molar-refractivity contribution in [3.63, 3.8) is 0 Å². The third kappa shape index (κ3) is 4.15. The molecule has 2 heterocycles. The van der Waals surface area contributed by atoms with Crippen molar-refractivity contribution < 1.29 is 22.7 Å². The molecule has 184 valence electrons. The van der Waals surface area contributed by atoms with E-state index in [9.17, 15) is 18.3 Å². The first-order valence-corrected chi connectivity index (χ1v) is 13.9. The first-order valence-electron chi connectivity index (χ1n) is 12.0. The Balaban J connectivity index is 1.49. The fraction of sp³-hybridized carbons (Fsp3) is 0.577. The van der Waals surface area contributed by atoms with Gasteiger partial charge in [0.25, 0.3) is 5.91 Å².